The van der Waals surface area contributed by atoms with E-state index in [0.29, 0.717) is 86.5 Å². The van der Waals surface area contributed by atoms with Crippen LogP contribution in [-0.4, -0.2) is 106 Å². The van der Waals surface area contributed by atoms with Crippen molar-refractivity contribution in [2.24, 2.45) is 0 Å². The molecule has 0 aliphatic rings. The lowest BCUT2D eigenvalue weighted by Crippen LogP contribution is -2.22. The molecule has 30 N–H and O–H groups in total. The van der Waals surface area contributed by atoms with Crippen LogP contribution in [0.3, 0.4) is 0 Å². The SMILES string of the molecule is CC(=O)NCCSc1c(N)cccc1N.COc1c(N)cc(C)cc1CCCO.COc1cc(N)c(OC)c(N)c1OC.CSc1c(N)cc(C)cc1N.CSc1c(N)cccc1N.Cc1cc(N)c(SCCO)c(N)c1.Nc1cccc(N)c1SCCO. The quantitative estimate of drug-likeness (QED) is 0.0204. The van der Waals surface area contributed by atoms with Gasteiger partial charge < -0.3 is 114 Å². The Kier molecular flexibility index (Phi) is 38.3. The number of ether oxygens (including phenoxy) is 4. The van der Waals surface area contributed by atoms with E-state index >= 15 is 0 Å². The number of nitrogen functional groups attached to an aromatic ring is 13. The molecule has 490 valence electrons. The van der Waals surface area contributed by atoms with Crippen LogP contribution in [-0.2, 0) is 11.2 Å². The highest BCUT2D eigenvalue weighted by molar-refractivity contribution is 8.00. The van der Waals surface area contributed by atoms with E-state index in [1.54, 1.807) is 60.6 Å². The second-order valence-electron chi connectivity index (χ2n) is 18.7. The number of hydrogen-bond acceptors (Lipinski definition) is 26. The number of aliphatic hydroxyl groups excluding tert-OH is 3. The van der Waals surface area contributed by atoms with E-state index in [9.17, 15) is 4.79 Å². The highest BCUT2D eigenvalue weighted by Gasteiger charge is 2.16. The Balaban J connectivity index is 0.000000521. The van der Waals surface area contributed by atoms with Gasteiger partial charge in [-0.05, 0) is 135 Å². The number of nitrogens with two attached hydrogens (primary N) is 13. The Morgan fingerprint density at radius 1 is 0.427 bits per heavy atom. The molecule has 0 saturated carbocycles. The lowest BCUT2D eigenvalue weighted by Gasteiger charge is -2.14. The van der Waals surface area contributed by atoms with Crippen molar-refractivity contribution >= 4 is 139 Å². The number of thioether (sulfide) groups is 5. The molecule has 0 aliphatic heterocycles. The van der Waals surface area contributed by atoms with E-state index in [1.165, 1.54) is 51.8 Å². The molecule has 0 bridgehead atoms. The molecule has 0 unspecified atom stereocenters. The van der Waals surface area contributed by atoms with Gasteiger partial charge in [-0.15, -0.1) is 58.8 Å². The first-order valence-electron chi connectivity index (χ1n) is 27.3. The lowest BCUT2D eigenvalue weighted by molar-refractivity contribution is -0.118. The van der Waals surface area contributed by atoms with Crippen molar-refractivity contribution in [1.29, 1.82) is 0 Å². The number of anilines is 13. The fourth-order valence-corrected chi connectivity index (χ4v) is 11.4. The molecule has 0 aromatic heterocycles. The Morgan fingerprint density at radius 3 is 1.11 bits per heavy atom. The first kappa shape index (κ1) is 79.3. The number of methoxy groups -OCH3 is 4. The van der Waals surface area contributed by atoms with E-state index in [4.69, 9.17) is 109 Å². The molecule has 0 aliphatic carbocycles. The Labute approximate surface area is 546 Å². The fourth-order valence-electron chi connectivity index (χ4n) is 7.86. The second kappa shape index (κ2) is 43.0. The number of amides is 1. The van der Waals surface area contributed by atoms with Crippen molar-refractivity contribution in [2.75, 3.05) is 159 Å². The summed E-state index contributed by atoms with van der Waals surface area (Å²) in [6.45, 7) is 8.51. The highest BCUT2D eigenvalue weighted by Crippen LogP contribution is 2.44. The van der Waals surface area contributed by atoms with Gasteiger partial charge in [0.2, 0.25) is 5.91 Å². The minimum absolute atomic E-state index is 0.0235. The van der Waals surface area contributed by atoms with Crippen LogP contribution in [0, 0.1) is 20.8 Å². The van der Waals surface area contributed by atoms with Gasteiger partial charge in [0, 0.05) is 100 Å². The maximum Gasteiger partial charge on any atom is 0.216 e. The molecule has 7 aromatic rings. The zero-order valence-corrected chi connectivity index (χ0v) is 56.6. The number of carbonyl (C=O) groups excluding carboxylic acids is 1. The van der Waals surface area contributed by atoms with Crippen LogP contribution >= 0.6 is 58.8 Å². The van der Waals surface area contributed by atoms with Gasteiger partial charge in [0.05, 0.1) is 77.5 Å². The van der Waals surface area contributed by atoms with Crippen molar-refractivity contribution in [2.45, 2.75) is 65.0 Å². The third-order valence-electron chi connectivity index (χ3n) is 11.7. The summed E-state index contributed by atoms with van der Waals surface area (Å²) in [7, 11) is 6.13. The van der Waals surface area contributed by atoms with Crippen LogP contribution in [0.25, 0.3) is 0 Å². The molecule has 0 fully saturated rings. The summed E-state index contributed by atoms with van der Waals surface area (Å²) in [5.41, 5.74) is 87.4. The fraction of sp³-hybridized carbons (Fsp3) is 0.306. The zero-order chi connectivity index (χ0) is 67.3. The van der Waals surface area contributed by atoms with Crippen molar-refractivity contribution in [1.82, 2.24) is 5.32 Å². The standard InChI is InChI=1S/C11H17NO2.C10H15N3OS.C9H14N2O3.C9H14N2OS.C8H12N2OS.C8H12N2S.C7H10N2S/c1-8-6-9(4-3-5-13)11(14-2)10(12)7-8;1-7(14)13-5-6-15-10-8(11)3-2-4-9(10)12;1-12-6-4-5(10)8(13-2)7(11)9(6)14-3;1-6-4-7(10)9(8(11)5-6)13-3-2-12;9-6-2-1-3-7(10)8(6)12-5-4-11;1-5-3-6(9)8(11-2)7(10)4-5;1-10-7-5(8)3-2-4-6(7)9/h6-7,13H,3-5,12H2,1-2H3;2-4H,5-6,11-12H2,1H3,(H,13,14);4H,10-11H2,1-3H3;4-5,12H,2-3,10-11H2,1H3;1-3,11H,4-5,9-10H2;3-4H,9-10H2,1-2H3;2-4H,8-9H2,1H3. The van der Waals surface area contributed by atoms with Crippen molar-refractivity contribution in [3.05, 3.63) is 119 Å². The molecule has 0 radical (unpaired) electrons. The molecule has 0 atom stereocenters. The van der Waals surface area contributed by atoms with Crippen molar-refractivity contribution in [3.8, 4) is 23.0 Å². The summed E-state index contributed by atoms with van der Waals surface area (Å²) >= 11 is 7.66. The van der Waals surface area contributed by atoms with Gasteiger partial charge in [-0.3, -0.25) is 4.79 Å². The summed E-state index contributed by atoms with van der Waals surface area (Å²) in [6.07, 6.45) is 5.46. The Hall–Kier alpha value is -7.76. The molecular formula is C62H94N14O8S5. The highest BCUT2D eigenvalue weighted by atomic mass is 32.2. The number of hydrogen-bond donors (Lipinski definition) is 17. The monoisotopic (exact) mass is 1320 g/mol. The normalized spacial score (nSPS) is 9.99. The van der Waals surface area contributed by atoms with Gasteiger partial charge >= 0.3 is 0 Å². The molecule has 0 saturated heterocycles. The van der Waals surface area contributed by atoms with Crippen LogP contribution < -0.4 is 98.8 Å². The van der Waals surface area contributed by atoms with Gasteiger partial charge in [-0.25, -0.2) is 0 Å². The Bertz CT molecular complexity index is 3170. The molecule has 7 aromatic carbocycles. The van der Waals surface area contributed by atoms with E-state index < -0.39 is 0 Å². The number of benzene rings is 7. The van der Waals surface area contributed by atoms with Crippen LogP contribution in [0.1, 0.15) is 35.6 Å². The summed E-state index contributed by atoms with van der Waals surface area (Å²) in [4.78, 5) is 15.2. The Morgan fingerprint density at radius 2 is 0.764 bits per heavy atom. The van der Waals surface area contributed by atoms with Crippen molar-refractivity contribution in [3.63, 3.8) is 0 Å². The zero-order valence-electron chi connectivity index (χ0n) is 52.5. The number of aliphatic hydroxyl groups is 3. The molecule has 0 heterocycles. The van der Waals surface area contributed by atoms with Crippen molar-refractivity contribution < 1.29 is 39.1 Å². The first-order valence-corrected chi connectivity index (χ1v) is 32.7. The van der Waals surface area contributed by atoms with Crippen LogP contribution in [0.2, 0.25) is 0 Å². The molecule has 0 spiro atoms. The number of aryl methyl sites for hydroxylation is 4. The smallest absolute Gasteiger partial charge is 0.216 e. The average Bonchev–Trinajstić information content (AvgIpc) is 2.50. The number of nitrogens with one attached hydrogen (secondary N) is 1. The van der Waals surface area contributed by atoms with E-state index in [-0.39, 0.29) is 25.7 Å². The minimum Gasteiger partial charge on any atom is -0.494 e. The lowest BCUT2D eigenvalue weighted by atomic mass is 10.0. The summed E-state index contributed by atoms with van der Waals surface area (Å²) in [5, 5.41) is 28.7. The predicted molar refractivity (Wildman–Crippen MR) is 387 cm³/mol. The minimum atomic E-state index is -0.0235. The van der Waals surface area contributed by atoms with Crippen LogP contribution in [0.4, 0.5) is 73.9 Å². The van der Waals surface area contributed by atoms with Crippen LogP contribution in [0.15, 0.2) is 122 Å². The summed E-state index contributed by atoms with van der Waals surface area (Å²) < 4.78 is 20.4. The average molecular weight is 1320 g/mol. The van der Waals surface area contributed by atoms with Crippen LogP contribution in [0.5, 0.6) is 23.0 Å². The van der Waals surface area contributed by atoms with Gasteiger partial charge in [0.15, 0.2) is 17.2 Å². The predicted octanol–water partition coefficient (Wildman–Crippen LogP) is 9.10. The molecule has 22 nitrogen and oxygen atoms in total. The first-order chi connectivity index (χ1) is 42.2. The summed E-state index contributed by atoms with van der Waals surface area (Å²) in [6, 6.07) is 29.6. The third-order valence-corrected chi connectivity index (χ3v) is 16.9. The molecule has 1 amide bonds. The van der Waals surface area contributed by atoms with Gasteiger partial charge in [0.1, 0.15) is 11.4 Å². The van der Waals surface area contributed by atoms with Gasteiger partial charge in [-0.2, -0.15) is 0 Å². The van der Waals surface area contributed by atoms with Gasteiger partial charge in [0.25, 0.3) is 0 Å². The maximum atomic E-state index is 10.6. The maximum absolute atomic E-state index is 10.6. The molecule has 27 heteroatoms. The number of carbonyl (C=O) groups is 1. The topological polar surface area (TPSA) is 465 Å². The molecular weight excluding hydrogens is 1230 g/mol. The third kappa shape index (κ3) is 27.7. The summed E-state index contributed by atoms with van der Waals surface area (Å²) in [5.74, 6) is 4.05. The van der Waals surface area contributed by atoms with Gasteiger partial charge in [-0.1, -0.05) is 24.3 Å². The molecule has 89 heavy (non-hydrogen) atoms. The van der Waals surface area contributed by atoms with E-state index in [2.05, 4.69) is 5.32 Å². The van der Waals surface area contributed by atoms with E-state index in [0.717, 1.165) is 93.8 Å². The largest absolute Gasteiger partial charge is 0.494 e. The van der Waals surface area contributed by atoms with E-state index in [1.807, 2.05) is 112 Å². The number of rotatable bonds is 19. The molecule has 7 rings (SSSR count). The second-order valence-corrected chi connectivity index (χ2v) is 23.7.